The predicted octanol–water partition coefficient (Wildman–Crippen LogP) is 3.37. The van der Waals surface area contributed by atoms with Crippen molar-refractivity contribution in [2.24, 2.45) is 5.92 Å². The molecule has 2 aliphatic rings. The Kier molecular flexibility index (Phi) is 6.85. The lowest BCUT2D eigenvalue weighted by Crippen LogP contribution is -2.41. The number of nitrogens with one attached hydrogen (secondary N) is 1. The summed E-state index contributed by atoms with van der Waals surface area (Å²) in [5.74, 6) is -2.40. The van der Waals surface area contributed by atoms with Gasteiger partial charge in [-0.2, -0.15) is 0 Å². The highest BCUT2D eigenvalue weighted by atomic mass is 32.2. The van der Waals surface area contributed by atoms with Crippen LogP contribution in [-0.2, 0) is 31.1 Å². The third-order valence-electron chi connectivity index (χ3n) is 6.79. The molecular formula is C27H25N3O7S2. The summed E-state index contributed by atoms with van der Waals surface area (Å²) in [7, 11) is 0. The van der Waals surface area contributed by atoms with E-state index in [1.165, 1.54) is 53.1 Å². The van der Waals surface area contributed by atoms with E-state index in [4.69, 9.17) is 4.74 Å². The molecule has 2 N–H and O–H groups in total. The van der Waals surface area contributed by atoms with Gasteiger partial charge in [0.25, 0.3) is 0 Å². The molecule has 0 aliphatic carbocycles. The molecule has 0 spiro atoms. The predicted molar refractivity (Wildman–Crippen MR) is 146 cm³/mol. The number of fused-ring (bicyclic) bond motifs is 2. The molecule has 0 radical (unpaired) electrons. The molecule has 10 nitrogen and oxygen atoms in total. The lowest BCUT2D eigenvalue weighted by atomic mass is 9.76. The number of carbonyl (C=O) groups is 4. The first kappa shape index (κ1) is 26.7. The Labute approximate surface area is 231 Å². The number of benzene rings is 2. The number of carbonyl (C=O) groups excluding carboxylic acids is 4. The number of aromatic hydroxyl groups is 1. The Hall–Kier alpha value is -3.90. The molecule has 3 heterocycles. The van der Waals surface area contributed by atoms with Gasteiger partial charge in [0.2, 0.25) is 17.7 Å². The van der Waals surface area contributed by atoms with E-state index < -0.39 is 34.4 Å². The first-order valence-corrected chi connectivity index (χ1v) is 13.9. The second-order valence-corrected chi connectivity index (χ2v) is 11.8. The highest BCUT2D eigenvalue weighted by molar-refractivity contribution is 8.00. The number of ether oxygens (including phenoxy) is 1. The number of amides is 3. The molecule has 0 bridgehead atoms. The molecule has 0 unspecified atom stereocenters. The molecule has 2 atom stereocenters. The first-order chi connectivity index (χ1) is 18.5. The summed E-state index contributed by atoms with van der Waals surface area (Å²) in [6.45, 7) is 5.33. The third kappa shape index (κ3) is 4.63. The van der Waals surface area contributed by atoms with Gasteiger partial charge in [0.15, 0.2) is 0 Å². The number of aromatic nitrogens is 1. The van der Waals surface area contributed by atoms with Gasteiger partial charge in [0, 0.05) is 16.0 Å². The van der Waals surface area contributed by atoms with Crippen LogP contribution in [0.5, 0.6) is 5.75 Å². The van der Waals surface area contributed by atoms with Crippen LogP contribution >= 0.6 is 23.1 Å². The summed E-state index contributed by atoms with van der Waals surface area (Å²) >= 11 is 2.10. The molecule has 1 aromatic heterocycles. The minimum Gasteiger partial charge on any atom is -0.508 e. The molecule has 12 heteroatoms. The van der Waals surface area contributed by atoms with Crippen LogP contribution in [0.4, 0.5) is 11.4 Å². The maximum Gasteiger partial charge on any atom is 0.338 e. The topological polar surface area (TPSA) is 135 Å². The maximum atomic E-state index is 13.6. The highest BCUT2D eigenvalue weighted by Gasteiger charge is 2.59. The number of hydrogen-bond acceptors (Lipinski definition) is 9. The van der Waals surface area contributed by atoms with Gasteiger partial charge in [-0.25, -0.2) is 9.69 Å². The fourth-order valence-electron chi connectivity index (χ4n) is 4.87. The molecule has 39 heavy (non-hydrogen) atoms. The number of thioether (sulfide) groups is 1. The number of nitrogens with zero attached hydrogens (tertiary/aromatic N) is 2. The summed E-state index contributed by atoms with van der Waals surface area (Å²) < 4.78 is 6.34. The van der Waals surface area contributed by atoms with Crippen LogP contribution in [0.15, 0.2) is 58.4 Å². The molecule has 2 aromatic carbocycles. The van der Waals surface area contributed by atoms with Gasteiger partial charge in [-0.15, -0.1) is 0 Å². The summed E-state index contributed by atoms with van der Waals surface area (Å²) in [5.41, 5.74) is 0.269. The zero-order chi connectivity index (χ0) is 28.1. The van der Waals surface area contributed by atoms with E-state index in [0.29, 0.717) is 26.8 Å². The molecule has 1 fully saturated rings. The third-order valence-corrected chi connectivity index (χ3v) is 9.62. The Morgan fingerprint density at radius 1 is 1.03 bits per heavy atom. The molecular weight excluding hydrogens is 542 g/mol. The van der Waals surface area contributed by atoms with E-state index in [0.717, 1.165) is 28.0 Å². The molecule has 5 rings (SSSR count). The summed E-state index contributed by atoms with van der Waals surface area (Å²) in [5, 5.41) is 11.9. The van der Waals surface area contributed by atoms with Crippen LogP contribution < -0.4 is 15.1 Å². The average molecular weight is 568 g/mol. The fraction of sp³-hybridized carbons (Fsp3) is 0.296. The van der Waals surface area contributed by atoms with Gasteiger partial charge >= 0.3 is 10.8 Å². The van der Waals surface area contributed by atoms with Crippen molar-refractivity contribution in [2.45, 2.75) is 43.0 Å². The second kappa shape index (κ2) is 10.0. The van der Waals surface area contributed by atoms with Gasteiger partial charge in [0.1, 0.15) is 17.5 Å². The molecule has 202 valence electrons. The van der Waals surface area contributed by atoms with Crippen LogP contribution in [0.25, 0.3) is 0 Å². The number of rotatable bonds is 6. The minimum absolute atomic E-state index is 0.0593. The monoisotopic (exact) mass is 567 g/mol. The van der Waals surface area contributed by atoms with Crippen LogP contribution in [0.3, 0.4) is 0 Å². The Bertz CT molecular complexity index is 1540. The zero-order valence-electron chi connectivity index (χ0n) is 21.3. The quantitative estimate of drug-likeness (QED) is 0.263. The van der Waals surface area contributed by atoms with Gasteiger partial charge in [-0.3, -0.25) is 23.7 Å². The van der Waals surface area contributed by atoms with E-state index >= 15 is 0 Å². The first-order valence-electron chi connectivity index (χ1n) is 12.2. The Balaban J connectivity index is 1.42. The second-order valence-electron chi connectivity index (χ2n) is 9.70. The average Bonchev–Trinajstić information content (AvgIpc) is 3.34. The van der Waals surface area contributed by atoms with Crippen molar-refractivity contribution < 1.29 is 29.0 Å². The van der Waals surface area contributed by atoms with Crippen LogP contribution in [0, 0.1) is 5.92 Å². The van der Waals surface area contributed by atoms with Crippen molar-refractivity contribution in [3.8, 4) is 5.75 Å². The van der Waals surface area contributed by atoms with Crippen molar-refractivity contribution in [2.75, 3.05) is 16.8 Å². The van der Waals surface area contributed by atoms with Crippen molar-refractivity contribution in [1.82, 2.24) is 4.57 Å². The van der Waals surface area contributed by atoms with Gasteiger partial charge < -0.3 is 15.2 Å². The maximum absolute atomic E-state index is 13.6. The largest absolute Gasteiger partial charge is 0.508 e. The fourth-order valence-corrected chi connectivity index (χ4v) is 7.91. The number of phenols is 1. The number of hydrogen-bond donors (Lipinski definition) is 2. The van der Waals surface area contributed by atoms with Crippen LogP contribution in [-0.4, -0.2) is 45.2 Å². The van der Waals surface area contributed by atoms with Crippen LogP contribution in [0.2, 0.25) is 0 Å². The zero-order valence-corrected chi connectivity index (χ0v) is 22.9. The van der Waals surface area contributed by atoms with Gasteiger partial charge in [-0.1, -0.05) is 36.9 Å². The molecule has 2 aliphatic heterocycles. The number of anilines is 2. The number of imide groups is 1. The van der Waals surface area contributed by atoms with Crippen molar-refractivity contribution in [3.05, 3.63) is 68.6 Å². The Morgan fingerprint density at radius 3 is 2.33 bits per heavy atom. The Morgan fingerprint density at radius 2 is 1.69 bits per heavy atom. The smallest absolute Gasteiger partial charge is 0.338 e. The summed E-state index contributed by atoms with van der Waals surface area (Å²) in [6.07, 6.45) is 0. The lowest BCUT2D eigenvalue weighted by molar-refractivity contribution is -0.123. The van der Waals surface area contributed by atoms with E-state index in [2.05, 4.69) is 5.32 Å². The van der Waals surface area contributed by atoms with Crippen molar-refractivity contribution in [3.63, 3.8) is 0 Å². The molecule has 1 saturated heterocycles. The highest BCUT2D eigenvalue weighted by Crippen LogP contribution is 2.54. The number of thiazole rings is 1. The lowest BCUT2D eigenvalue weighted by Gasteiger charge is -2.36. The minimum atomic E-state index is -0.847. The van der Waals surface area contributed by atoms with Crippen LogP contribution in [0.1, 0.15) is 36.0 Å². The SMILES string of the molecule is CCOC(=O)c1ccc(N2C(=O)[C@H]3Sc4c(sc(=O)n4CC(=O)Nc4ccc(O)cc4)C(C)(C)[C@H]3C2=O)cc1. The molecule has 3 amide bonds. The van der Waals surface area contributed by atoms with E-state index in [1.54, 1.807) is 6.92 Å². The van der Waals surface area contributed by atoms with Gasteiger partial charge in [-0.05, 0) is 55.5 Å². The standard InChI is InChI=1S/C27H25N3O7S2/c1-4-37-25(35)14-5-9-16(10-6-14)30-22(33)19-20(23(30)34)38-24-21(27(19,2)3)39-26(36)29(24)13-18(32)28-15-7-11-17(31)12-8-15/h5-12,19-20,31H,4,13H2,1-3H3,(H,28,32)/t19-,20+/m1/s1. The van der Waals surface area contributed by atoms with Gasteiger partial charge in [0.05, 0.1) is 28.8 Å². The summed E-state index contributed by atoms with van der Waals surface area (Å²) in [6, 6.07) is 12.0. The van der Waals surface area contributed by atoms with Crippen molar-refractivity contribution in [1.29, 1.82) is 0 Å². The van der Waals surface area contributed by atoms with Crippen molar-refractivity contribution >= 4 is 58.2 Å². The molecule has 0 saturated carbocycles. The van der Waals surface area contributed by atoms with E-state index in [-0.39, 0.29) is 29.7 Å². The van der Waals surface area contributed by atoms with E-state index in [9.17, 15) is 29.1 Å². The molecule has 3 aromatic rings. The van der Waals surface area contributed by atoms with E-state index in [1.807, 2.05) is 13.8 Å². The summed E-state index contributed by atoms with van der Waals surface area (Å²) in [4.78, 5) is 66.4. The number of esters is 1. The number of phenolic OH excluding ortho intramolecular Hbond substituents is 1. The normalized spacial score (nSPS) is 19.4.